The molecule has 4 amide bonds. The molecule has 2 aromatic rings. The molecule has 1 N–H and O–H groups in total. The molecule has 2 aromatic carbocycles. The van der Waals surface area contributed by atoms with Gasteiger partial charge in [-0.25, -0.2) is 0 Å². The number of nitrogens with zero attached hydrogens (tertiary/aromatic N) is 4. The number of rotatable bonds is 5. The molecule has 1 saturated heterocycles. The van der Waals surface area contributed by atoms with Gasteiger partial charge in [0, 0.05) is 49.6 Å². The molecule has 11 nitrogen and oxygen atoms in total. The maximum absolute atomic E-state index is 12.6. The number of benzene rings is 2. The van der Waals surface area contributed by atoms with Crippen molar-refractivity contribution in [1.29, 1.82) is 0 Å². The number of fused-ring (bicyclic) bond motifs is 1. The lowest BCUT2D eigenvalue weighted by atomic mass is 10.1. The van der Waals surface area contributed by atoms with Gasteiger partial charge >= 0.3 is 0 Å². The lowest BCUT2D eigenvalue weighted by molar-refractivity contribution is -0.384. The molecule has 33 heavy (non-hydrogen) atoms. The number of carbonyl (C=O) groups excluding carboxylic acids is 4. The topological polar surface area (TPSA) is 133 Å². The largest absolute Gasteiger partial charge is 0.336 e. The molecule has 2 heterocycles. The van der Waals surface area contributed by atoms with Crippen molar-refractivity contribution >= 4 is 35.0 Å². The van der Waals surface area contributed by atoms with E-state index in [4.69, 9.17) is 0 Å². The number of nitro benzene ring substituents is 1. The van der Waals surface area contributed by atoms with Crippen LogP contribution in [-0.4, -0.2) is 83.0 Å². The second kappa shape index (κ2) is 8.79. The van der Waals surface area contributed by atoms with Crippen molar-refractivity contribution in [1.82, 2.24) is 14.7 Å². The highest BCUT2D eigenvalue weighted by Crippen LogP contribution is 2.26. The molecule has 0 spiro atoms. The summed E-state index contributed by atoms with van der Waals surface area (Å²) in [4.78, 5) is 65.0. The lowest BCUT2D eigenvalue weighted by Crippen LogP contribution is -2.47. The monoisotopic (exact) mass is 451 g/mol. The summed E-state index contributed by atoms with van der Waals surface area (Å²) in [6.07, 6.45) is 0. The molecule has 1 fully saturated rings. The van der Waals surface area contributed by atoms with Crippen LogP contribution < -0.4 is 5.32 Å². The van der Waals surface area contributed by atoms with E-state index in [1.807, 2.05) is 7.05 Å². The van der Waals surface area contributed by atoms with E-state index >= 15 is 0 Å². The number of anilines is 1. The lowest BCUT2D eigenvalue weighted by Gasteiger charge is -2.32. The van der Waals surface area contributed by atoms with Gasteiger partial charge in [-0.1, -0.05) is 0 Å². The van der Waals surface area contributed by atoms with Crippen molar-refractivity contribution in [2.75, 3.05) is 45.1 Å². The first kappa shape index (κ1) is 22.1. The number of non-ortho nitro benzene ring substituents is 1. The Kier molecular flexibility index (Phi) is 5.88. The van der Waals surface area contributed by atoms with E-state index in [1.165, 1.54) is 6.07 Å². The Hall–Kier alpha value is -4.12. The van der Waals surface area contributed by atoms with Crippen LogP contribution in [0.15, 0.2) is 42.5 Å². The van der Waals surface area contributed by atoms with Crippen LogP contribution in [0.1, 0.15) is 31.1 Å². The molecule has 0 aromatic heterocycles. The molecule has 0 saturated carbocycles. The van der Waals surface area contributed by atoms with Crippen LogP contribution in [0.3, 0.4) is 0 Å². The molecule has 0 unspecified atom stereocenters. The van der Waals surface area contributed by atoms with E-state index in [-0.39, 0.29) is 22.7 Å². The van der Waals surface area contributed by atoms with Gasteiger partial charge in [0.15, 0.2) is 0 Å². The zero-order valence-electron chi connectivity index (χ0n) is 17.8. The van der Waals surface area contributed by atoms with Crippen LogP contribution in [0.25, 0.3) is 0 Å². The smallest absolute Gasteiger partial charge is 0.270 e. The van der Waals surface area contributed by atoms with Crippen molar-refractivity contribution in [2.45, 2.75) is 0 Å². The molecule has 11 heteroatoms. The van der Waals surface area contributed by atoms with Gasteiger partial charge in [0.2, 0.25) is 5.91 Å². The summed E-state index contributed by atoms with van der Waals surface area (Å²) in [7, 11) is 2.01. The number of piperazine rings is 1. The summed E-state index contributed by atoms with van der Waals surface area (Å²) >= 11 is 0. The van der Waals surface area contributed by atoms with Gasteiger partial charge in [0.25, 0.3) is 23.4 Å². The first-order valence-corrected chi connectivity index (χ1v) is 10.3. The molecule has 170 valence electrons. The Bertz CT molecular complexity index is 1150. The SMILES string of the molecule is CN1CCN(C(=O)c2ccc(NC(=O)CN3C(=O)c4ccc([N+](=O)[O-])cc4C3=O)cc2)CC1. The maximum atomic E-state index is 12.6. The molecule has 2 aliphatic heterocycles. The third-order valence-electron chi connectivity index (χ3n) is 5.67. The van der Waals surface area contributed by atoms with Gasteiger partial charge in [-0.2, -0.15) is 0 Å². The van der Waals surface area contributed by atoms with Gasteiger partial charge < -0.3 is 15.1 Å². The fourth-order valence-electron chi connectivity index (χ4n) is 3.77. The highest BCUT2D eigenvalue weighted by molar-refractivity contribution is 6.23. The average Bonchev–Trinajstić information content (AvgIpc) is 3.04. The summed E-state index contributed by atoms with van der Waals surface area (Å²) in [5.74, 6) is -2.15. The van der Waals surface area contributed by atoms with Crippen molar-refractivity contribution in [3.8, 4) is 0 Å². The van der Waals surface area contributed by atoms with Crippen LogP contribution >= 0.6 is 0 Å². The summed E-state index contributed by atoms with van der Waals surface area (Å²) in [5.41, 5.74) is 0.507. The molecular weight excluding hydrogens is 430 g/mol. The van der Waals surface area contributed by atoms with Crippen molar-refractivity contribution in [3.63, 3.8) is 0 Å². The van der Waals surface area contributed by atoms with Crippen LogP contribution in [0.5, 0.6) is 0 Å². The minimum Gasteiger partial charge on any atom is -0.336 e. The van der Waals surface area contributed by atoms with E-state index in [1.54, 1.807) is 29.2 Å². The van der Waals surface area contributed by atoms with Gasteiger partial charge in [-0.3, -0.25) is 34.2 Å². The number of carbonyl (C=O) groups is 4. The third kappa shape index (κ3) is 4.44. The van der Waals surface area contributed by atoms with E-state index < -0.39 is 29.2 Å². The van der Waals surface area contributed by atoms with E-state index in [9.17, 15) is 29.3 Å². The zero-order valence-corrected chi connectivity index (χ0v) is 17.8. The number of nitrogens with one attached hydrogen (secondary N) is 1. The molecule has 4 rings (SSSR count). The molecule has 0 radical (unpaired) electrons. The van der Waals surface area contributed by atoms with Crippen molar-refractivity contribution < 1.29 is 24.1 Å². The first-order valence-electron chi connectivity index (χ1n) is 10.3. The van der Waals surface area contributed by atoms with Gasteiger partial charge in [-0.15, -0.1) is 0 Å². The zero-order chi connectivity index (χ0) is 23.7. The Labute approximate surface area is 188 Å². The van der Waals surface area contributed by atoms with Crippen LogP contribution in [-0.2, 0) is 4.79 Å². The highest BCUT2D eigenvalue weighted by atomic mass is 16.6. The fourth-order valence-corrected chi connectivity index (χ4v) is 3.77. The van der Waals surface area contributed by atoms with E-state index in [0.29, 0.717) is 24.3 Å². The second-order valence-electron chi connectivity index (χ2n) is 7.90. The predicted octanol–water partition coefficient (Wildman–Crippen LogP) is 1.22. The van der Waals surface area contributed by atoms with Crippen molar-refractivity contribution in [3.05, 3.63) is 69.3 Å². The normalized spacial score (nSPS) is 16.0. The van der Waals surface area contributed by atoms with Gasteiger partial charge in [0.05, 0.1) is 16.1 Å². The summed E-state index contributed by atoms with van der Waals surface area (Å²) < 4.78 is 0. The predicted molar refractivity (Wildman–Crippen MR) is 117 cm³/mol. The standard InChI is InChI=1S/C22H21N5O6/c1-24-8-10-25(11-9-24)20(29)14-2-4-15(5-3-14)23-19(28)13-26-21(30)17-7-6-16(27(32)33)12-18(17)22(26)31/h2-7,12H,8-11,13H2,1H3,(H,23,28). The highest BCUT2D eigenvalue weighted by Gasteiger charge is 2.37. The second-order valence-corrected chi connectivity index (χ2v) is 7.90. The van der Waals surface area contributed by atoms with Crippen molar-refractivity contribution in [2.24, 2.45) is 0 Å². The minimum atomic E-state index is -0.762. The summed E-state index contributed by atoms with van der Waals surface area (Å²) in [5, 5.41) is 13.5. The van der Waals surface area contributed by atoms with Gasteiger partial charge in [0.1, 0.15) is 6.54 Å². The molecule has 0 bridgehead atoms. The average molecular weight is 451 g/mol. The molecule has 0 atom stereocenters. The molecule has 2 aliphatic rings. The molecule has 0 aliphatic carbocycles. The quantitative estimate of drug-likeness (QED) is 0.410. The van der Waals surface area contributed by atoms with Crippen LogP contribution in [0.4, 0.5) is 11.4 Å². The summed E-state index contributed by atoms with van der Waals surface area (Å²) in [6, 6.07) is 9.75. The Balaban J connectivity index is 1.38. The number of hydrogen-bond donors (Lipinski definition) is 1. The number of imide groups is 1. The molecular formula is C22H21N5O6. The Morgan fingerprint density at radius 3 is 2.24 bits per heavy atom. The minimum absolute atomic E-state index is 0.0187. The number of hydrogen-bond acceptors (Lipinski definition) is 7. The fraction of sp³-hybridized carbons (Fsp3) is 0.273. The van der Waals surface area contributed by atoms with E-state index in [2.05, 4.69) is 10.2 Å². The van der Waals surface area contributed by atoms with Crippen LogP contribution in [0, 0.1) is 10.1 Å². The van der Waals surface area contributed by atoms with E-state index in [0.717, 1.165) is 30.1 Å². The third-order valence-corrected chi connectivity index (χ3v) is 5.67. The Morgan fingerprint density at radius 1 is 0.970 bits per heavy atom. The van der Waals surface area contributed by atoms with Gasteiger partial charge in [-0.05, 0) is 37.4 Å². The van der Waals surface area contributed by atoms with Crippen LogP contribution in [0.2, 0.25) is 0 Å². The Morgan fingerprint density at radius 2 is 1.61 bits per heavy atom. The summed E-state index contributed by atoms with van der Waals surface area (Å²) in [6.45, 7) is 2.38. The number of amides is 4. The number of likely N-dealkylation sites (N-methyl/N-ethyl adjacent to an activating group) is 1. The first-order chi connectivity index (χ1) is 15.7. The number of nitro groups is 1. The maximum Gasteiger partial charge on any atom is 0.270 e.